The molecule has 1 aromatic heterocycles. The summed E-state index contributed by atoms with van der Waals surface area (Å²) in [6, 6.07) is 7.31. The zero-order chi connectivity index (χ0) is 15.4. The Hall–Kier alpha value is -0.700. The van der Waals surface area contributed by atoms with Crippen molar-refractivity contribution in [2.24, 2.45) is 0 Å². The predicted molar refractivity (Wildman–Crippen MR) is 89.5 cm³/mol. The van der Waals surface area contributed by atoms with Gasteiger partial charge in [0.15, 0.2) is 0 Å². The first-order valence-electron chi connectivity index (χ1n) is 5.95. The quantitative estimate of drug-likeness (QED) is 0.711. The molecule has 1 heterocycles. The highest BCUT2D eigenvalue weighted by Gasteiger charge is 2.12. The standard InChI is InChI=1S/C13H11Br3N2O3/c14-8-2-1-3-10(4-8)21-7-9(19)6-18-13(20)12(16)11(15)5-17-18/h1-5,9,19H,6-7H2/t9-/m0/s1. The Bertz CT molecular complexity index is 691. The fraction of sp³-hybridized carbons (Fsp3) is 0.231. The molecule has 5 nitrogen and oxygen atoms in total. The number of hydrogen-bond acceptors (Lipinski definition) is 4. The van der Waals surface area contributed by atoms with Crippen LogP contribution in [0.25, 0.3) is 0 Å². The molecule has 112 valence electrons. The monoisotopic (exact) mass is 480 g/mol. The molecule has 0 spiro atoms. The molecule has 8 heteroatoms. The van der Waals surface area contributed by atoms with Gasteiger partial charge in [-0.2, -0.15) is 5.10 Å². The fourth-order valence-electron chi connectivity index (χ4n) is 1.58. The lowest BCUT2D eigenvalue weighted by atomic mass is 10.3. The van der Waals surface area contributed by atoms with Gasteiger partial charge >= 0.3 is 0 Å². The van der Waals surface area contributed by atoms with Crippen molar-refractivity contribution in [3.63, 3.8) is 0 Å². The second kappa shape index (κ2) is 7.53. The van der Waals surface area contributed by atoms with E-state index in [4.69, 9.17) is 4.74 Å². The van der Waals surface area contributed by atoms with Crippen molar-refractivity contribution in [1.82, 2.24) is 9.78 Å². The van der Waals surface area contributed by atoms with Crippen molar-refractivity contribution in [1.29, 1.82) is 0 Å². The van der Waals surface area contributed by atoms with Crippen LogP contribution in [0.5, 0.6) is 5.75 Å². The molecule has 0 bridgehead atoms. The second-order valence-electron chi connectivity index (χ2n) is 4.22. The average Bonchev–Trinajstić information content (AvgIpc) is 2.46. The van der Waals surface area contributed by atoms with Crippen LogP contribution in [-0.2, 0) is 6.54 Å². The van der Waals surface area contributed by atoms with Gasteiger partial charge in [-0.25, -0.2) is 4.68 Å². The minimum atomic E-state index is -0.845. The van der Waals surface area contributed by atoms with E-state index < -0.39 is 6.10 Å². The fourth-order valence-corrected chi connectivity index (χ4v) is 2.52. The summed E-state index contributed by atoms with van der Waals surface area (Å²) >= 11 is 9.71. The van der Waals surface area contributed by atoms with Crippen LogP contribution in [0, 0.1) is 0 Å². The molecule has 0 amide bonds. The van der Waals surface area contributed by atoms with Crippen LogP contribution in [0.2, 0.25) is 0 Å². The Balaban J connectivity index is 1.98. The number of hydrogen-bond donors (Lipinski definition) is 1. The van der Waals surface area contributed by atoms with Gasteiger partial charge in [0.25, 0.3) is 5.56 Å². The minimum absolute atomic E-state index is 0.0543. The summed E-state index contributed by atoms with van der Waals surface area (Å²) in [6.07, 6.45) is 0.648. The molecule has 0 aliphatic heterocycles. The number of aliphatic hydroxyl groups is 1. The summed E-state index contributed by atoms with van der Waals surface area (Å²) in [6.45, 7) is 0.122. The van der Waals surface area contributed by atoms with Crippen molar-refractivity contribution in [3.8, 4) is 5.75 Å². The van der Waals surface area contributed by atoms with Crippen LogP contribution in [0.4, 0.5) is 0 Å². The van der Waals surface area contributed by atoms with Gasteiger partial charge in [-0.1, -0.05) is 22.0 Å². The smallest absolute Gasteiger partial charge is 0.282 e. The Kier molecular flexibility index (Phi) is 5.98. The van der Waals surface area contributed by atoms with E-state index in [1.54, 1.807) is 12.1 Å². The molecule has 0 aliphatic carbocycles. The molecule has 21 heavy (non-hydrogen) atoms. The van der Waals surface area contributed by atoms with E-state index in [0.717, 1.165) is 4.47 Å². The second-order valence-corrected chi connectivity index (χ2v) is 6.78. The first-order chi connectivity index (χ1) is 9.97. The topological polar surface area (TPSA) is 64.4 Å². The normalized spacial score (nSPS) is 12.2. The third-order valence-corrected chi connectivity index (χ3v) is 4.96. The molecule has 0 aliphatic rings. The third kappa shape index (κ3) is 4.64. The molecular weight excluding hydrogens is 472 g/mol. The lowest BCUT2D eigenvalue weighted by Crippen LogP contribution is -2.32. The van der Waals surface area contributed by atoms with Gasteiger partial charge in [-0.3, -0.25) is 4.79 Å². The van der Waals surface area contributed by atoms with Crippen molar-refractivity contribution in [2.75, 3.05) is 6.61 Å². The molecule has 0 fully saturated rings. The number of ether oxygens (including phenoxy) is 1. The molecule has 0 saturated heterocycles. The van der Waals surface area contributed by atoms with E-state index in [2.05, 4.69) is 52.9 Å². The maximum absolute atomic E-state index is 11.9. The van der Waals surface area contributed by atoms with Crippen molar-refractivity contribution < 1.29 is 9.84 Å². The van der Waals surface area contributed by atoms with Crippen LogP contribution >= 0.6 is 47.8 Å². The van der Waals surface area contributed by atoms with Gasteiger partial charge in [0, 0.05) is 4.47 Å². The Morgan fingerprint density at radius 1 is 1.33 bits per heavy atom. The summed E-state index contributed by atoms with van der Waals surface area (Å²) in [4.78, 5) is 11.9. The summed E-state index contributed by atoms with van der Waals surface area (Å²) in [5.41, 5.74) is -0.314. The lowest BCUT2D eigenvalue weighted by Gasteiger charge is -2.13. The Labute approximate surface area is 146 Å². The van der Waals surface area contributed by atoms with Crippen molar-refractivity contribution in [3.05, 3.63) is 54.2 Å². The maximum atomic E-state index is 11.9. The summed E-state index contributed by atoms with van der Waals surface area (Å²) in [5, 5.41) is 13.9. The predicted octanol–water partition coefficient (Wildman–Crippen LogP) is 2.97. The van der Waals surface area contributed by atoms with E-state index in [-0.39, 0.29) is 18.7 Å². The van der Waals surface area contributed by atoms with Gasteiger partial charge < -0.3 is 9.84 Å². The highest BCUT2D eigenvalue weighted by molar-refractivity contribution is 9.13. The summed E-state index contributed by atoms with van der Waals surface area (Å²) in [5.74, 6) is 0.640. The minimum Gasteiger partial charge on any atom is -0.491 e. The van der Waals surface area contributed by atoms with Crippen LogP contribution in [0.1, 0.15) is 0 Å². The number of benzene rings is 1. The summed E-state index contributed by atoms with van der Waals surface area (Å²) < 4.78 is 8.49. The molecule has 1 N–H and O–H groups in total. The lowest BCUT2D eigenvalue weighted by molar-refractivity contribution is 0.0878. The van der Waals surface area contributed by atoms with Crippen molar-refractivity contribution in [2.45, 2.75) is 12.6 Å². The third-order valence-electron chi connectivity index (χ3n) is 2.56. The largest absolute Gasteiger partial charge is 0.491 e. The van der Waals surface area contributed by atoms with E-state index in [1.807, 2.05) is 12.1 Å². The van der Waals surface area contributed by atoms with Crippen LogP contribution in [0.3, 0.4) is 0 Å². The van der Waals surface area contributed by atoms with E-state index >= 15 is 0 Å². The number of rotatable bonds is 5. The first-order valence-corrected chi connectivity index (χ1v) is 8.33. The zero-order valence-electron chi connectivity index (χ0n) is 10.7. The number of aliphatic hydroxyl groups excluding tert-OH is 1. The molecule has 1 atom stereocenters. The van der Waals surface area contributed by atoms with Gasteiger partial charge in [0.1, 0.15) is 22.9 Å². The number of nitrogens with zero attached hydrogens (tertiary/aromatic N) is 2. The molecular formula is C13H11Br3N2O3. The Morgan fingerprint density at radius 2 is 2.10 bits per heavy atom. The first kappa shape index (κ1) is 16.7. The SMILES string of the molecule is O=c1c(Br)c(Br)cnn1C[C@H](O)COc1cccc(Br)c1. The molecule has 1 aromatic carbocycles. The van der Waals surface area contributed by atoms with E-state index in [9.17, 15) is 9.90 Å². The van der Waals surface area contributed by atoms with E-state index in [1.165, 1.54) is 10.9 Å². The van der Waals surface area contributed by atoms with Crippen LogP contribution in [0.15, 0.2) is 48.7 Å². The molecule has 2 rings (SSSR count). The number of halogens is 3. The average molecular weight is 483 g/mol. The van der Waals surface area contributed by atoms with Gasteiger partial charge in [0.2, 0.25) is 0 Å². The van der Waals surface area contributed by atoms with Gasteiger partial charge in [-0.15, -0.1) is 0 Å². The van der Waals surface area contributed by atoms with Gasteiger partial charge in [-0.05, 0) is 50.1 Å². The van der Waals surface area contributed by atoms with Crippen LogP contribution in [-0.4, -0.2) is 27.6 Å². The van der Waals surface area contributed by atoms with Crippen LogP contribution < -0.4 is 10.3 Å². The number of aromatic nitrogens is 2. The summed E-state index contributed by atoms with van der Waals surface area (Å²) in [7, 11) is 0. The molecule has 2 aromatic rings. The molecule has 0 saturated carbocycles. The molecule has 0 radical (unpaired) electrons. The van der Waals surface area contributed by atoms with E-state index in [0.29, 0.717) is 14.7 Å². The van der Waals surface area contributed by atoms with Crippen molar-refractivity contribution >= 4 is 47.8 Å². The van der Waals surface area contributed by atoms with Gasteiger partial charge in [0.05, 0.1) is 17.2 Å². The Morgan fingerprint density at radius 3 is 2.81 bits per heavy atom. The maximum Gasteiger partial charge on any atom is 0.282 e. The molecule has 0 unspecified atom stereocenters. The highest BCUT2D eigenvalue weighted by atomic mass is 79.9. The highest BCUT2D eigenvalue weighted by Crippen LogP contribution is 2.18. The zero-order valence-corrected chi connectivity index (χ0v) is 15.4.